The molecule has 1 rings (SSSR count). The number of hydrogen-bond donors (Lipinski definition) is 1. The fourth-order valence-corrected chi connectivity index (χ4v) is 3.17. The lowest BCUT2D eigenvalue weighted by Crippen LogP contribution is -2.36. The van der Waals surface area contributed by atoms with Gasteiger partial charge in [0, 0.05) is 12.6 Å². The standard InChI is InChI=1S/C10H10ClF3N2O2S2/c1-16(5-10(12,13)14)20(17,18)8-3-2-6(9(15)19)4-7(8)11/h2-4H,5H2,1H3,(H2,15,19). The Balaban J connectivity index is 3.20. The monoisotopic (exact) mass is 346 g/mol. The first kappa shape index (κ1) is 17.2. The molecule has 1 aromatic rings. The SMILES string of the molecule is CN(CC(F)(F)F)S(=O)(=O)c1ccc(C(N)=S)cc1Cl. The van der Waals surface area contributed by atoms with Crippen LogP contribution >= 0.6 is 23.8 Å². The van der Waals surface area contributed by atoms with Crippen LogP contribution in [0.5, 0.6) is 0 Å². The lowest BCUT2D eigenvalue weighted by molar-refractivity contribution is -0.134. The minimum absolute atomic E-state index is 0.000468. The lowest BCUT2D eigenvalue weighted by atomic mass is 10.2. The summed E-state index contributed by atoms with van der Waals surface area (Å²) in [6, 6.07) is 3.54. The van der Waals surface area contributed by atoms with Crippen molar-refractivity contribution in [2.45, 2.75) is 11.1 Å². The van der Waals surface area contributed by atoms with E-state index in [0.717, 1.165) is 13.1 Å². The number of benzene rings is 1. The highest BCUT2D eigenvalue weighted by atomic mass is 35.5. The molecule has 0 aliphatic rings. The normalized spacial score (nSPS) is 12.7. The summed E-state index contributed by atoms with van der Waals surface area (Å²) in [5.74, 6) is 0. The van der Waals surface area contributed by atoms with Crippen molar-refractivity contribution < 1.29 is 21.6 Å². The zero-order valence-corrected chi connectivity index (χ0v) is 12.5. The Morgan fingerprint density at radius 2 is 2.00 bits per heavy atom. The van der Waals surface area contributed by atoms with Crippen molar-refractivity contribution in [3.8, 4) is 0 Å². The molecule has 0 bridgehead atoms. The number of rotatable bonds is 4. The Kier molecular flexibility index (Phi) is 5.01. The van der Waals surface area contributed by atoms with Gasteiger partial charge in [-0.15, -0.1) is 0 Å². The van der Waals surface area contributed by atoms with Crippen LogP contribution in [-0.2, 0) is 10.0 Å². The van der Waals surface area contributed by atoms with E-state index in [1.165, 1.54) is 12.1 Å². The Labute approximate surface area is 124 Å². The van der Waals surface area contributed by atoms with Gasteiger partial charge >= 0.3 is 6.18 Å². The molecule has 0 spiro atoms. The maximum atomic E-state index is 12.2. The number of nitrogens with two attached hydrogens (primary N) is 1. The largest absolute Gasteiger partial charge is 0.402 e. The molecule has 0 saturated carbocycles. The fraction of sp³-hybridized carbons (Fsp3) is 0.300. The van der Waals surface area contributed by atoms with Gasteiger partial charge < -0.3 is 5.73 Å². The molecular formula is C10H10ClF3N2O2S2. The Hall–Kier alpha value is -0.900. The molecule has 20 heavy (non-hydrogen) atoms. The van der Waals surface area contributed by atoms with E-state index in [0.29, 0.717) is 5.56 Å². The second kappa shape index (κ2) is 5.84. The maximum absolute atomic E-state index is 12.2. The van der Waals surface area contributed by atoms with Crippen LogP contribution in [0.3, 0.4) is 0 Å². The van der Waals surface area contributed by atoms with E-state index in [1.807, 2.05) is 0 Å². The van der Waals surface area contributed by atoms with Gasteiger partial charge in [0.25, 0.3) is 0 Å². The van der Waals surface area contributed by atoms with Crippen LogP contribution in [0.1, 0.15) is 5.56 Å². The van der Waals surface area contributed by atoms with Gasteiger partial charge in [0.2, 0.25) is 10.0 Å². The zero-order valence-electron chi connectivity index (χ0n) is 10.1. The van der Waals surface area contributed by atoms with Gasteiger partial charge in [0.15, 0.2) is 0 Å². The molecule has 0 aliphatic heterocycles. The van der Waals surface area contributed by atoms with Crippen LogP contribution in [-0.4, -0.2) is 37.5 Å². The molecule has 0 heterocycles. The van der Waals surface area contributed by atoms with Gasteiger partial charge in [-0.25, -0.2) is 8.42 Å². The van der Waals surface area contributed by atoms with Crippen molar-refractivity contribution in [3.05, 3.63) is 28.8 Å². The molecule has 0 saturated heterocycles. The summed E-state index contributed by atoms with van der Waals surface area (Å²) < 4.78 is 60.9. The van der Waals surface area contributed by atoms with Crippen molar-refractivity contribution in [3.63, 3.8) is 0 Å². The van der Waals surface area contributed by atoms with Crippen LogP contribution in [0.4, 0.5) is 13.2 Å². The molecule has 0 fully saturated rings. The molecule has 112 valence electrons. The van der Waals surface area contributed by atoms with E-state index < -0.39 is 27.6 Å². The second-order valence-electron chi connectivity index (χ2n) is 3.89. The highest BCUT2D eigenvalue weighted by Crippen LogP contribution is 2.27. The predicted molar refractivity (Wildman–Crippen MR) is 73.2 cm³/mol. The Morgan fingerprint density at radius 1 is 1.45 bits per heavy atom. The van der Waals surface area contributed by atoms with Crippen molar-refractivity contribution in [1.82, 2.24) is 4.31 Å². The molecule has 0 atom stereocenters. The first-order chi connectivity index (χ1) is 8.95. The van der Waals surface area contributed by atoms with Crippen LogP contribution < -0.4 is 5.73 Å². The predicted octanol–water partition coefficient (Wildman–Crippen LogP) is 2.16. The molecule has 0 aliphatic carbocycles. The second-order valence-corrected chi connectivity index (χ2v) is 6.75. The van der Waals surface area contributed by atoms with Crippen molar-refractivity contribution in [1.29, 1.82) is 0 Å². The van der Waals surface area contributed by atoms with E-state index in [9.17, 15) is 21.6 Å². The minimum atomic E-state index is -4.65. The van der Waals surface area contributed by atoms with Crippen molar-refractivity contribution >= 4 is 38.8 Å². The van der Waals surface area contributed by atoms with Gasteiger partial charge in [-0.1, -0.05) is 29.9 Å². The summed E-state index contributed by atoms with van der Waals surface area (Å²) >= 11 is 10.5. The molecule has 1 aromatic carbocycles. The summed E-state index contributed by atoms with van der Waals surface area (Å²) in [6.45, 7) is -1.61. The van der Waals surface area contributed by atoms with E-state index >= 15 is 0 Å². The number of alkyl halides is 3. The Bertz CT molecular complexity index is 632. The topological polar surface area (TPSA) is 63.4 Å². The van der Waals surface area contributed by atoms with Crippen LogP contribution in [0.2, 0.25) is 5.02 Å². The van der Waals surface area contributed by atoms with Gasteiger partial charge in [-0.2, -0.15) is 17.5 Å². The Morgan fingerprint density at radius 3 is 2.40 bits per heavy atom. The summed E-state index contributed by atoms with van der Waals surface area (Å²) in [5.41, 5.74) is 5.67. The first-order valence-corrected chi connectivity index (χ1v) is 7.30. The van der Waals surface area contributed by atoms with Crippen LogP contribution in [0, 0.1) is 0 Å². The van der Waals surface area contributed by atoms with Gasteiger partial charge in [0.1, 0.15) is 16.4 Å². The summed E-state index contributed by atoms with van der Waals surface area (Å²) in [6.07, 6.45) is -4.65. The van der Waals surface area contributed by atoms with Crippen LogP contribution in [0.25, 0.3) is 0 Å². The quantitative estimate of drug-likeness (QED) is 0.849. The summed E-state index contributed by atoms with van der Waals surface area (Å²) in [4.78, 5) is -0.439. The number of nitrogens with zero attached hydrogens (tertiary/aromatic N) is 1. The van der Waals surface area contributed by atoms with Gasteiger partial charge in [0.05, 0.1) is 5.02 Å². The molecular weight excluding hydrogens is 337 g/mol. The first-order valence-electron chi connectivity index (χ1n) is 5.07. The zero-order chi connectivity index (χ0) is 15.7. The smallest absolute Gasteiger partial charge is 0.389 e. The number of thiocarbonyl (C=S) groups is 1. The highest BCUT2D eigenvalue weighted by Gasteiger charge is 2.35. The van der Waals surface area contributed by atoms with Crippen LogP contribution in [0.15, 0.2) is 23.1 Å². The number of hydrogen-bond acceptors (Lipinski definition) is 3. The number of sulfonamides is 1. The van der Waals surface area contributed by atoms with Gasteiger partial charge in [-0.3, -0.25) is 0 Å². The van der Waals surface area contributed by atoms with Crippen molar-refractivity contribution in [2.75, 3.05) is 13.6 Å². The van der Waals surface area contributed by atoms with E-state index in [-0.39, 0.29) is 14.3 Å². The molecule has 0 amide bonds. The third-order valence-electron chi connectivity index (χ3n) is 2.31. The highest BCUT2D eigenvalue weighted by molar-refractivity contribution is 7.89. The lowest BCUT2D eigenvalue weighted by Gasteiger charge is -2.19. The molecule has 0 radical (unpaired) electrons. The maximum Gasteiger partial charge on any atom is 0.402 e. The van der Waals surface area contributed by atoms with E-state index in [1.54, 1.807) is 0 Å². The third-order valence-corrected chi connectivity index (χ3v) is 4.83. The van der Waals surface area contributed by atoms with E-state index in [2.05, 4.69) is 0 Å². The van der Waals surface area contributed by atoms with Crippen molar-refractivity contribution in [2.24, 2.45) is 5.73 Å². The third kappa shape index (κ3) is 4.05. The molecule has 0 aromatic heterocycles. The average Bonchev–Trinajstić information content (AvgIpc) is 2.25. The minimum Gasteiger partial charge on any atom is -0.389 e. The molecule has 0 unspecified atom stereocenters. The fourth-order valence-electron chi connectivity index (χ4n) is 1.37. The molecule has 4 nitrogen and oxygen atoms in total. The van der Waals surface area contributed by atoms with E-state index in [4.69, 9.17) is 29.6 Å². The summed E-state index contributed by atoms with van der Waals surface area (Å²) in [5, 5.41) is -0.246. The van der Waals surface area contributed by atoms with Gasteiger partial charge in [-0.05, 0) is 12.1 Å². The molecule has 2 N–H and O–H groups in total. The number of halogens is 4. The average molecular weight is 347 g/mol. The summed E-state index contributed by atoms with van der Waals surface area (Å²) in [7, 11) is -3.53. The molecule has 10 heteroatoms.